The fraction of sp³-hybridized carbons (Fsp3) is 0.571. The van der Waals surface area contributed by atoms with E-state index in [1.165, 1.54) is 12.8 Å². The zero-order chi connectivity index (χ0) is 14.6. The van der Waals surface area contributed by atoms with E-state index in [4.69, 9.17) is 4.74 Å². The summed E-state index contributed by atoms with van der Waals surface area (Å²) in [6.07, 6.45) is 2.56. The Bertz CT molecular complexity index is 442. The lowest BCUT2D eigenvalue weighted by molar-refractivity contribution is -0.386. The maximum absolute atomic E-state index is 10.7. The topological polar surface area (TPSA) is 72.6 Å². The van der Waals surface area contributed by atoms with E-state index in [1.807, 2.05) is 13.8 Å². The molecule has 1 heterocycles. The fourth-order valence-electron chi connectivity index (χ4n) is 2.01. The number of phenolic OH excluding ortho intramolecular Hbond substituents is 1. The summed E-state index contributed by atoms with van der Waals surface area (Å²) in [5, 5.41) is 20.3. The number of hydrogen-bond donors (Lipinski definition) is 1. The number of aromatic hydroxyl groups is 1. The zero-order valence-corrected chi connectivity index (χ0v) is 11.9. The van der Waals surface area contributed by atoms with Gasteiger partial charge in [-0.3, -0.25) is 10.1 Å². The maximum Gasteiger partial charge on any atom is 0.314 e. The van der Waals surface area contributed by atoms with Gasteiger partial charge in [0.1, 0.15) is 0 Å². The molecule has 0 saturated carbocycles. The Morgan fingerprint density at radius 3 is 1.84 bits per heavy atom. The van der Waals surface area contributed by atoms with Gasteiger partial charge in [-0.1, -0.05) is 0 Å². The quantitative estimate of drug-likeness (QED) is 0.625. The van der Waals surface area contributed by atoms with Crippen LogP contribution in [0.2, 0.25) is 0 Å². The predicted octanol–water partition coefficient (Wildman–Crippen LogP) is 3.33. The van der Waals surface area contributed by atoms with Gasteiger partial charge in [-0.05, 0) is 51.7 Å². The monoisotopic (exact) mass is 267 g/mol. The lowest BCUT2D eigenvalue weighted by atomic mass is 9.97. The summed E-state index contributed by atoms with van der Waals surface area (Å²) in [7, 11) is 0. The third-order valence-corrected chi connectivity index (χ3v) is 3.63. The predicted molar refractivity (Wildman–Crippen MR) is 73.8 cm³/mol. The normalized spacial score (nSPS) is 13.9. The lowest BCUT2D eigenvalue weighted by Crippen LogP contribution is -1.99. The van der Waals surface area contributed by atoms with Crippen molar-refractivity contribution in [2.45, 2.75) is 40.5 Å². The summed E-state index contributed by atoms with van der Waals surface area (Å²) < 4.78 is 4.94. The van der Waals surface area contributed by atoms with Crippen molar-refractivity contribution < 1.29 is 14.8 Å². The first-order chi connectivity index (χ1) is 8.87. The maximum atomic E-state index is 10.7. The molecule has 0 radical (unpaired) electrons. The Balaban J connectivity index is 0.000000300. The van der Waals surface area contributed by atoms with E-state index in [-0.39, 0.29) is 11.4 Å². The summed E-state index contributed by atoms with van der Waals surface area (Å²) in [5.74, 6) is -0.212. The molecule has 1 aliphatic heterocycles. The minimum Gasteiger partial charge on any atom is -0.502 e. The standard InChI is InChI=1S/C10H13NO3.C4H8O/c1-5-6(2)8(4)10(12)9(7(5)3)11(13)14;1-2-4-5-3-1/h12H,1-4H3;1-4H2. The van der Waals surface area contributed by atoms with Crippen molar-refractivity contribution >= 4 is 5.69 Å². The SMILES string of the molecule is C1CCOC1.Cc1c(C)c(C)c([N+](=O)[O-])c(O)c1C. The van der Waals surface area contributed by atoms with E-state index >= 15 is 0 Å². The van der Waals surface area contributed by atoms with E-state index < -0.39 is 4.92 Å². The highest BCUT2D eigenvalue weighted by Crippen LogP contribution is 2.37. The van der Waals surface area contributed by atoms with Crippen LogP contribution in [0.4, 0.5) is 5.69 Å². The summed E-state index contributed by atoms with van der Waals surface area (Å²) >= 11 is 0. The molecule has 1 N–H and O–H groups in total. The molecule has 5 heteroatoms. The molecular formula is C14H21NO4. The first kappa shape index (κ1) is 15.4. The molecule has 1 aliphatic rings. The van der Waals surface area contributed by atoms with E-state index in [1.54, 1.807) is 13.8 Å². The average molecular weight is 267 g/mol. The summed E-state index contributed by atoms with van der Waals surface area (Å²) in [6.45, 7) is 9.01. The van der Waals surface area contributed by atoms with Crippen LogP contribution in [0.5, 0.6) is 5.75 Å². The smallest absolute Gasteiger partial charge is 0.314 e. The number of rotatable bonds is 1. The van der Waals surface area contributed by atoms with Gasteiger partial charge in [-0.15, -0.1) is 0 Å². The molecule has 0 aromatic heterocycles. The largest absolute Gasteiger partial charge is 0.502 e. The highest BCUT2D eigenvalue weighted by Gasteiger charge is 2.22. The number of nitro benzene ring substituents is 1. The van der Waals surface area contributed by atoms with Crippen LogP contribution in [-0.2, 0) is 4.74 Å². The third kappa shape index (κ3) is 3.44. The van der Waals surface area contributed by atoms with Gasteiger partial charge in [0.15, 0.2) is 5.75 Å². The zero-order valence-electron chi connectivity index (χ0n) is 11.9. The van der Waals surface area contributed by atoms with Gasteiger partial charge in [0.05, 0.1) is 4.92 Å². The first-order valence-corrected chi connectivity index (χ1v) is 6.39. The molecule has 0 spiro atoms. The van der Waals surface area contributed by atoms with Gasteiger partial charge >= 0.3 is 5.69 Å². The number of nitrogens with zero attached hydrogens (tertiary/aromatic N) is 1. The van der Waals surface area contributed by atoms with Crippen LogP contribution < -0.4 is 0 Å². The molecular weight excluding hydrogens is 246 g/mol. The van der Waals surface area contributed by atoms with Crippen molar-refractivity contribution in [2.75, 3.05) is 13.2 Å². The van der Waals surface area contributed by atoms with E-state index in [0.717, 1.165) is 24.3 Å². The molecule has 2 rings (SSSR count). The summed E-state index contributed by atoms with van der Waals surface area (Å²) in [5.41, 5.74) is 2.72. The van der Waals surface area contributed by atoms with Crippen molar-refractivity contribution in [2.24, 2.45) is 0 Å². The van der Waals surface area contributed by atoms with Gasteiger partial charge in [-0.2, -0.15) is 0 Å². The van der Waals surface area contributed by atoms with Crippen molar-refractivity contribution in [3.63, 3.8) is 0 Å². The third-order valence-electron chi connectivity index (χ3n) is 3.63. The lowest BCUT2D eigenvalue weighted by Gasteiger charge is -2.10. The van der Waals surface area contributed by atoms with Crippen LogP contribution in [0.15, 0.2) is 0 Å². The van der Waals surface area contributed by atoms with E-state index in [9.17, 15) is 15.2 Å². The molecule has 1 aromatic carbocycles. The Morgan fingerprint density at radius 1 is 1.00 bits per heavy atom. The minimum absolute atomic E-state index is 0.175. The molecule has 19 heavy (non-hydrogen) atoms. The van der Waals surface area contributed by atoms with Crippen LogP contribution in [0.25, 0.3) is 0 Å². The second-order valence-electron chi connectivity index (χ2n) is 4.77. The van der Waals surface area contributed by atoms with Crippen molar-refractivity contribution in [1.82, 2.24) is 0 Å². The summed E-state index contributed by atoms with van der Waals surface area (Å²) in [6, 6.07) is 0. The van der Waals surface area contributed by atoms with Gasteiger partial charge in [0.2, 0.25) is 0 Å². The Kier molecular flexibility index (Phi) is 5.30. The van der Waals surface area contributed by atoms with Crippen molar-refractivity contribution in [3.05, 3.63) is 32.4 Å². The van der Waals surface area contributed by atoms with Crippen LogP contribution in [0, 0.1) is 37.8 Å². The molecule has 0 atom stereocenters. The number of nitro groups is 1. The Hall–Kier alpha value is -1.62. The van der Waals surface area contributed by atoms with Crippen LogP contribution in [-0.4, -0.2) is 23.2 Å². The van der Waals surface area contributed by atoms with Crippen molar-refractivity contribution in [1.29, 1.82) is 0 Å². The molecule has 0 unspecified atom stereocenters. The number of hydrogen-bond acceptors (Lipinski definition) is 4. The highest BCUT2D eigenvalue weighted by molar-refractivity contribution is 5.61. The van der Waals surface area contributed by atoms with E-state index in [2.05, 4.69) is 0 Å². The average Bonchev–Trinajstić information content (AvgIpc) is 2.93. The second-order valence-corrected chi connectivity index (χ2v) is 4.77. The molecule has 1 saturated heterocycles. The van der Waals surface area contributed by atoms with Gasteiger partial charge in [-0.25, -0.2) is 0 Å². The van der Waals surface area contributed by atoms with Crippen LogP contribution in [0.3, 0.4) is 0 Å². The Labute approximate surface area is 113 Å². The minimum atomic E-state index is -0.538. The summed E-state index contributed by atoms with van der Waals surface area (Å²) in [4.78, 5) is 10.2. The van der Waals surface area contributed by atoms with Crippen molar-refractivity contribution in [3.8, 4) is 5.75 Å². The Morgan fingerprint density at radius 2 is 1.47 bits per heavy atom. The van der Waals surface area contributed by atoms with Crippen LogP contribution in [0.1, 0.15) is 35.1 Å². The second kappa shape index (κ2) is 6.52. The van der Waals surface area contributed by atoms with E-state index in [0.29, 0.717) is 11.1 Å². The van der Waals surface area contributed by atoms with Gasteiger partial charge < -0.3 is 9.84 Å². The molecule has 0 aliphatic carbocycles. The van der Waals surface area contributed by atoms with Crippen LogP contribution >= 0.6 is 0 Å². The fourth-order valence-corrected chi connectivity index (χ4v) is 2.01. The first-order valence-electron chi connectivity index (χ1n) is 6.39. The molecule has 106 valence electrons. The molecule has 1 aromatic rings. The number of phenols is 1. The number of benzene rings is 1. The highest BCUT2D eigenvalue weighted by atomic mass is 16.6. The molecule has 1 fully saturated rings. The number of ether oxygens (including phenoxy) is 1. The molecule has 0 amide bonds. The van der Waals surface area contributed by atoms with Gasteiger partial charge in [0.25, 0.3) is 0 Å². The van der Waals surface area contributed by atoms with Gasteiger partial charge in [0, 0.05) is 24.3 Å². The molecule has 5 nitrogen and oxygen atoms in total. The molecule has 0 bridgehead atoms.